The first-order valence-corrected chi connectivity index (χ1v) is 22.8. The molecule has 0 aliphatic rings. The van der Waals surface area contributed by atoms with Crippen molar-refractivity contribution in [3.8, 4) is 0 Å². The van der Waals surface area contributed by atoms with Crippen LogP contribution in [0.2, 0.25) is 0 Å². The van der Waals surface area contributed by atoms with Gasteiger partial charge in [-0.3, -0.25) is 43.5 Å². The van der Waals surface area contributed by atoms with Gasteiger partial charge in [0.2, 0.25) is 41.4 Å². The molecule has 0 aromatic rings. The maximum atomic E-state index is 13.8. The van der Waals surface area contributed by atoms with Crippen molar-refractivity contribution in [1.29, 1.82) is 0 Å². The number of rotatable bonds is 32. The van der Waals surface area contributed by atoms with Gasteiger partial charge in [-0.25, -0.2) is 0 Å². The summed E-state index contributed by atoms with van der Waals surface area (Å²) in [6, 6.07) is -9.53. The number of primary amides is 1. The Morgan fingerprint density at radius 3 is 1.54 bits per heavy atom. The number of carbonyl (C=O) groups excluding carboxylic acids is 9. The minimum atomic E-state index is -1.63. The Labute approximate surface area is 405 Å². The average Bonchev–Trinajstić information content (AvgIpc) is 3.26. The minimum Gasteiger partial charge on any atom is -0.391 e. The Morgan fingerprint density at radius 1 is 0.623 bits per heavy atom. The average molecular weight is 988 g/mol. The number of nitrogens with two attached hydrogens (primary N) is 5. The Balaban J connectivity index is 0. The topological polar surface area (TPSA) is 445 Å². The van der Waals surface area contributed by atoms with Crippen LogP contribution in [-0.2, 0) is 43.2 Å². The normalized spacial score (nSPS) is 15.6. The zero-order valence-corrected chi connectivity index (χ0v) is 41.7. The maximum absolute atomic E-state index is 13.8. The van der Waals surface area contributed by atoms with Crippen LogP contribution < -0.4 is 71.2 Å². The van der Waals surface area contributed by atoms with Crippen LogP contribution in [-0.4, -0.2) is 196 Å². The minimum absolute atomic E-state index is 0.0228. The van der Waals surface area contributed by atoms with E-state index >= 15 is 0 Å². The van der Waals surface area contributed by atoms with E-state index in [1.807, 2.05) is 21.1 Å². The highest BCUT2D eigenvalue weighted by atomic mass is 16.3. The monoisotopic (exact) mass is 988 g/mol. The molecule has 0 heterocycles. The van der Waals surface area contributed by atoms with Crippen LogP contribution in [0.3, 0.4) is 0 Å². The second-order valence-electron chi connectivity index (χ2n) is 17.5. The third kappa shape index (κ3) is 30.9. The van der Waals surface area contributed by atoms with Gasteiger partial charge in [0.25, 0.3) is 0 Å². The number of aliphatic hydroxyl groups is 2. The van der Waals surface area contributed by atoms with E-state index in [1.165, 1.54) is 27.7 Å². The van der Waals surface area contributed by atoms with Gasteiger partial charge in [-0.05, 0) is 79.1 Å². The van der Waals surface area contributed by atoms with Crippen molar-refractivity contribution in [2.24, 2.45) is 38.7 Å². The molecule has 0 spiro atoms. The molecule has 10 atom stereocenters. The van der Waals surface area contributed by atoms with E-state index < -0.39 is 95.9 Å². The number of hydrogen-bond acceptors (Lipinski definition) is 15. The van der Waals surface area contributed by atoms with Crippen LogP contribution in [0.5, 0.6) is 0 Å². The third-order valence-electron chi connectivity index (χ3n) is 9.85. The summed E-state index contributed by atoms with van der Waals surface area (Å²) in [5.74, 6) is -5.50. The summed E-state index contributed by atoms with van der Waals surface area (Å²) in [4.78, 5) is 120. The van der Waals surface area contributed by atoms with Gasteiger partial charge in [-0.2, -0.15) is 0 Å². The third-order valence-corrected chi connectivity index (χ3v) is 9.85. The molecule has 27 nitrogen and oxygen atoms in total. The molecule has 0 aliphatic carbocycles. The number of carbonyl (C=O) groups is 9. The highest BCUT2D eigenvalue weighted by Gasteiger charge is 2.35. The molecular weight excluding hydrogens is 905 g/mol. The number of amides is 7. The van der Waals surface area contributed by atoms with Crippen molar-refractivity contribution >= 4 is 65.8 Å². The van der Waals surface area contributed by atoms with Gasteiger partial charge < -0.3 is 95.5 Å². The Kier molecular flexibility index (Phi) is 33.1. The second kappa shape index (κ2) is 35.1. The Hall–Kier alpha value is -6.03. The van der Waals surface area contributed by atoms with E-state index in [-0.39, 0.29) is 50.7 Å². The highest BCUT2D eigenvalue weighted by molar-refractivity contribution is 5.97. The number of aliphatic imine (C=N–C) groups is 2. The number of hydrogen-bond donors (Lipinski definition) is 15. The summed E-state index contributed by atoms with van der Waals surface area (Å²) in [5, 5.41) is 41.4. The van der Waals surface area contributed by atoms with Crippen molar-refractivity contribution in [3.63, 3.8) is 0 Å². The molecule has 0 aromatic carbocycles. The Bertz CT molecular complexity index is 1690. The van der Waals surface area contributed by atoms with Crippen LogP contribution in [0.15, 0.2) is 9.98 Å². The maximum Gasteiger partial charge on any atom is 0.245 e. The summed E-state index contributed by atoms with van der Waals surface area (Å²) >= 11 is 0. The SMILES string of the molecule is CN=C(NC)NCCC[C@H](N)C=O.C[C@H](N)C(=O)N[C@@H](CCCN=C(N)N)C(=O)N[C@H](C(=O)N[C@@H](CCCC[N+](C)(C)C)C(=O)N[C@@H](CCC(N)=O)C(=O)N[C@H](C(=O)N[C@@H](C)C=O)[C@@H](C)O)[C@@H](C)O. The quantitative estimate of drug-likeness (QED) is 0.00980. The van der Waals surface area contributed by atoms with Crippen molar-refractivity contribution in [1.82, 2.24) is 42.5 Å². The van der Waals surface area contributed by atoms with Crippen LogP contribution >= 0.6 is 0 Å². The van der Waals surface area contributed by atoms with Gasteiger partial charge in [0.1, 0.15) is 42.8 Å². The summed E-state index contributed by atoms with van der Waals surface area (Å²) in [5.41, 5.74) is 27.1. The van der Waals surface area contributed by atoms with Crippen LogP contribution in [0.1, 0.15) is 85.5 Å². The zero-order chi connectivity index (χ0) is 53.4. The fraction of sp³-hybridized carbons (Fsp3) is 0.738. The molecule has 20 N–H and O–H groups in total. The number of nitrogens with zero attached hydrogens (tertiary/aromatic N) is 3. The first-order valence-electron chi connectivity index (χ1n) is 22.8. The van der Waals surface area contributed by atoms with E-state index in [2.05, 4.69) is 52.5 Å². The molecule has 7 amide bonds. The lowest BCUT2D eigenvalue weighted by molar-refractivity contribution is -0.870. The largest absolute Gasteiger partial charge is 0.391 e. The summed E-state index contributed by atoms with van der Waals surface area (Å²) in [7, 11) is 9.40. The van der Waals surface area contributed by atoms with E-state index in [0.717, 1.165) is 25.2 Å². The number of guanidine groups is 2. The lowest BCUT2D eigenvalue weighted by Crippen LogP contribution is -2.62. The second-order valence-corrected chi connectivity index (χ2v) is 17.5. The molecule has 69 heavy (non-hydrogen) atoms. The molecule has 0 fully saturated rings. The molecule has 0 radical (unpaired) electrons. The smallest absolute Gasteiger partial charge is 0.245 e. The van der Waals surface area contributed by atoms with Gasteiger partial charge in [-0.1, -0.05) is 0 Å². The number of unbranched alkanes of at least 4 members (excludes halogenated alkanes) is 1. The van der Waals surface area contributed by atoms with Crippen molar-refractivity contribution in [2.45, 2.75) is 146 Å². The van der Waals surface area contributed by atoms with E-state index in [4.69, 9.17) is 28.7 Å². The number of nitrogens with one attached hydrogen (secondary N) is 8. The van der Waals surface area contributed by atoms with Gasteiger partial charge in [0.15, 0.2) is 11.9 Å². The van der Waals surface area contributed by atoms with Gasteiger partial charge in [0.05, 0.1) is 58.0 Å². The van der Waals surface area contributed by atoms with E-state index in [1.54, 1.807) is 14.1 Å². The fourth-order valence-electron chi connectivity index (χ4n) is 5.93. The first kappa shape index (κ1) is 65.1. The van der Waals surface area contributed by atoms with E-state index in [9.17, 15) is 53.4 Å². The van der Waals surface area contributed by atoms with Crippen LogP contribution in [0, 0.1) is 0 Å². The zero-order valence-electron chi connectivity index (χ0n) is 41.7. The highest BCUT2D eigenvalue weighted by Crippen LogP contribution is 2.09. The molecular formula is C42H83N16O11+. The van der Waals surface area contributed by atoms with Crippen molar-refractivity contribution in [2.75, 3.05) is 54.9 Å². The molecule has 0 saturated heterocycles. The fourth-order valence-corrected chi connectivity index (χ4v) is 5.93. The molecule has 396 valence electrons. The summed E-state index contributed by atoms with van der Waals surface area (Å²) in [6.07, 6.45) is 0.404. The standard InChI is InChI=1S/C34H64N12O10.C8H18N4O/c1-18(17-47)40-32(55)26(20(3)48)44-31(54)24(13-14-25(36)50)42-29(52)22(11-8-9-16-46(5,6)7)43-33(56)27(21(4)49)45-30(53)23(41-28(51)19(2)35)12-10-15-39-34(37)38;1-10-8(11-2)12-5-3-4-7(9)6-13/h17-24,26-27,48-49H,8-16,35H2,1-7H3,(H11-,36,37,38,39,40,41,42,43,44,45,50,51,52,53,54,55,56);6-7H,3-5,9H2,1-2H3,(H2,10,11,12)/p+1/t18-,19-,20+,21+,22-,23-,24-,26-,27-;7-/m00/s1. The van der Waals surface area contributed by atoms with Crippen LogP contribution in [0.25, 0.3) is 0 Å². The first-order chi connectivity index (χ1) is 32.1. The van der Waals surface area contributed by atoms with Crippen LogP contribution in [0.4, 0.5) is 0 Å². The molecule has 0 aromatic heterocycles. The lowest BCUT2D eigenvalue weighted by Gasteiger charge is -2.29. The molecule has 0 unspecified atom stereocenters. The predicted octanol–water partition coefficient (Wildman–Crippen LogP) is -6.49. The number of aldehydes is 2. The molecule has 0 bridgehead atoms. The Morgan fingerprint density at radius 2 is 1.10 bits per heavy atom. The predicted molar refractivity (Wildman–Crippen MR) is 259 cm³/mol. The van der Waals surface area contributed by atoms with Crippen molar-refractivity contribution in [3.05, 3.63) is 0 Å². The van der Waals surface area contributed by atoms with Gasteiger partial charge >= 0.3 is 0 Å². The number of aliphatic hydroxyl groups excluding tert-OH is 2. The van der Waals surface area contributed by atoms with E-state index in [0.29, 0.717) is 36.6 Å². The molecule has 27 heteroatoms. The summed E-state index contributed by atoms with van der Waals surface area (Å²) in [6.45, 7) is 6.81. The molecule has 0 aliphatic heterocycles. The van der Waals surface area contributed by atoms with Gasteiger partial charge in [-0.15, -0.1) is 0 Å². The van der Waals surface area contributed by atoms with Crippen molar-refractivity contribution < 1.29 is 57.8 Å². The number of quaternary nitrogens is 1. The summed E-state index contributed by atoms with van der Waals surface area (Å²) < 4.78 is 0.602. The molecule has 0 saturated carbocycles. The lowest BCUT2D eigenvalue weighted by atomic mass is 10.0. The molecule has 0 rings (SSSR count). The van der Waals surface area contributed by atoms with Gasteiger partial charge in [0, 0.05) is 33.6 Å².